The zero-order chi connectivity index (χ0) is 17.8. The highest BCUT2D eigenvalue weighted by molar-refractivity contribution is 6.33. The minimum atomic E-state index is 0.209. The van der Waals surface area contributed by atoms with E-state index < -0.39 is 0 Å². The van der Waals surface area contributed by atoms with Gasteiger partial charge in [0.2, 0.25) is 5.91 Å². The van der Waals surface area contributed by atoms with Gasteiger partial charge in [0.25, 0.3) is 0 Å². The van der Waals surface area contributed by atoms with E-state index in [1.165, 1.54) is 0 Å². The Kier molecular flexibility index (Phi) is 5.79. The Labute approximate surface area is 154 Å². The lowest BCUT2D eigenvalue weighted by molar-refractivity contribution is -0.132. The maximum Gasteiger partial charge on any atom is 0.223 e. The van der Waals surface area contributed by atoms with Crippen LogP contribution in [0.5, 0.6) is 0 Å². The lowest BCUT2D eigenvalue weighted by Gasteiger charge is -2.23. The third kappa shape index (κ3) is 4.85. The normalized spacial score (nSPS) is 14.1. The first-order valence-electron chi connectivity index (χ1n) is 9.03. The molecule has 0 saturated heterocycles. The molecule has 0 bridgehead atoms. The van der Waals surface area contributed by atoms with Gasteiger partial charge in [-0.25, -0.2) is 4.98 Å². The third-order valence-electron chi connectivity index (χ3n) is 4.50. The number of aryl methyl sites for hydroxylation is 1. The molecule has 0 spiro atoms. The minimum absolute atomic E-state index is 0.209. The molecule has 3 rings (SSSR count). The Hall–Kier alpha value is -1.81. The van der Waals surface area contributed by atoms with Crippen molar-refractivity contribution in [3.05, 3.63) is 41.4 Å². The first-order chi connectivity index (χ1) is 12.0. The highest BCUT2D eigenvalue weighted by atomic mass is 35.5. The molecule has 2 aromatic rings. The number of nitrogens with zero attached hydrogens (tertiary/aromatic N) is 2. The smallest absolute Gasteiger partial charge is 0.223 e. The van der Waals surface area contributed by atoms with Gasteiger partial charge in [0.1, 0.15) is 0 Å². The summed E-state index contributed by atoms with van der Waals surface area (Å²) in [4.78, 5) is 18.9. The Balaban J connectivity index is 1.58. The second-order valence-corrected chi connectivity index (χ2v) is 7.51. The van der Waals surface area contributed by atoms with E-state index in [1.807, 2.05) is 24.3 Å². The van der Waals surface area contributed by atoms with E-state index in [0.29, 0.717) is 41.5 Å². The fraction of sp³-hybridized carbons (Fsp3) is 0.500. The minimum Gasteiger partial charge on any atom is -0.441 e. The predicted molar refractivity (Wildman–Crippen MR) is 99.5 cm³/mol. The number of benzene rings is 1. The molecule has 0 atom stereocenters. The first-order valence-corrected chi connectivity index (χ1v) is 9.41. The Bertz CT molecular complexity index is 722. The number of aromatic nitrogens is 1. The van der Waals surface area contributed by atoms with E-state index in [0.717, 1.165) is 31.4 Å². The highest BCUT2D eigenvalue weighted by Gasteiger charge is 2.32. The monoisotopic (exact) mass is 360 g/mol. The molecule has 5 heteroatoms. The molecule has 1 aliphatic rings. The van der Waals surface area contributed by atoms with Crippen LogP contribution in [0.4, 0.5) is 0 Å². The summed E-state index contributed by atoms with van der Waals surface area (Å²) < 4.78 is 5.79. The third-order valence-corrected chi connectivity index (χ3v) is 4.83. The zero-order valence-corrected chi connectivity index (χ0v) is 15.6. The van der Waals surface area contributed by atoms with Crippen LogP contribution in [0.15, 0.2) is 34.9 Å². The number of hydrogen-bond donors (Lipinski definition) is 0. The average molecular weight is 361 g/mol. The summed E-state index contributed by atoms with van der Waals surface area (Å²) in [5.74, 6) is 2.05. The van der Waals surface area contributed by atoms with Crippen molar-refractivity contribution in [2.24, 2.45) is 5.92 Å². The van der Waals surface area contributed by atoms with Crippen molar-refractivity contribution in [2.45, 2.75) is 52.0 Å². The number of amides is 1. The van der Waals surface area contributed by atoms with Crippen LogP contribution in [0.3, 0.4) is 0 Å². The number of carbonyl (C=O) groups excluding carboxylic acids is 1. The number of hydrogen-bond acceptors (Lipinski definition) is 3. The van der Waals surface area contributed by atoms with Crippen molar-refractivity contribution in [3.63, 3.8) is 0 Å². The SMILES string of the molecule is CC(C)CCN(C(=O)CCc1ncc(-c2ccccc2Cl)o1)C1CC1. The van der Waals surface area contributed by atoms with Gasteiger partial charge in [-0.3, -0.25) is 4.79 Å². The maximum absolute atomic E-state index is 12.6. The molecule has 1 aromatic heterocycles. The van der Waals surface area contributed by atoms with Crippen molar-refractivity contribution >= 4 is 17.5 Å². The molecule has 1 saturated carbocycles. The molecule has 1 aromatic carbocycles. The van der Waals surface area contributed by atoms with E-state index in [1.54, 1.807) is 6.20 Å². The van der Waals surface area contributed by atoms with Crippen LogP contribution in [0, 0.1) is 5.92 Å². The summed E-state index contributed by atoms with van der Waals surface area (Å²) >= 11 is 6.19. The summed E-state index contributed by atoms with van der Waals surface area (Å²) in [7, 11) is 0. The van der Waals surface area contributed by atoms with E-state index in [2.05, 4.69) is 23.7 Å². The summed E-state index contributed by atoms with van der Waals surface area (Å²) in [6.07, 6.45) is 5.97. The molecule has 25 heavy (non-hydrogen) atoms. The fourth-order valence-electron chi connectivity index (χ4n) is 2.86. The standard InChI is InChI=1S/C20H25ClN2O2/c1-14(2)11-12-23(15-7-8-15)20(24)10-9-19-22-13-18(25-19)16-5-3-4-6-17(16)21/h3-6,13-15H,7-12H2,1-2H3. The first kappa shape index (κ1) is 18.0. The van der Waals surface area contributed by atoms with Crippen molar-refractivity contribution in [1.82, 2.24) is 9.88 Å². The maximum atomic E-state index is 12.6. The molecule has 0 aliphatic heterocycles. The highest BCUT2D eigenvalue weighted by Crippen LogP contribution is 2.30. The van der Waals surface area contributed by atoms with Crippen molar-refractivity contribution in [3.8, 4) is 11.3 Å². The molecule has 134 valence electrons. The van der Waals surface area contributed by atoms with E-state index in [9.17, 15) is 4.79 Å². The summed E-state index contributed by atoms with van der Waals surface area (Å²) in [6.45, 7) is 5.24. The van der Waals surface area contributed by atoms with E-state index >= 15 is 0 Å². The fourth-order valence-corrected chi connectivity index (χ4v) is 3.09. The topological polar surface area (TPSA) is 46.3 Å². The quantitative estimate of drug-likeness (QED) is 0.668. The van der Waals surface area contributed by atoms with E-state index in [-0.39, 0.29) is 5.91 Å². The van der Waals surface area contributed by atoms with Gasteiger partial charge >= 0.3 is 0 Å². The molecule has 1 fully saturated rings. The second-order valence-electron chi connectivity index (χ2n) is 7.10. The van der Waals surface area contributed by atoms with Crippen LogP contribution in [0.1, 0.15) is 45.4 Å². The van der Waals surface area contributed by atoms with Gasteiger partial charge in [0, 0.05) is 31.0 Å². The van der Waals surface area contributed by atoms with E-state index in [4.69, 9.17) is 16.0 Å². The molecule has 4 nitrogen and oxygen atoms in total. The van der Waals surface area contributed by atoms with Gasteiger partial charge in [-0.2, -0.15) is 0 Å². The molecule has 0 unspecified atom stereocenters. The Morgan fingerprint density at radius 3 is 2.80 bits per heavy atom. The number of rotatable bonds is 8. The Morgan fingerprint density at radius 2 is 2.12 bits per heavy atom. The van der Waals surface area contributed by atoms with Crippen LogP contribution in [-0.2, 0) is 11.2 Å². The molecular formula is C20H25ClN2O2. The second kappa shape index (κ2) is 8.05. The van der Waals surface area contributed by atoms with Crippen LogP contribution in [0.2, 0.25) is 5.02 Å². The Morgan fingerprint density at radius 1 is 1.36 bits per heavy atom. The molecule has 0 radical (unpaired) electrons. The van der Waals surface area contributed by atoms with Crippen LogP contribution >= 0.6 is 11.6 Å². The number of oxazole rings is 1. The summed E-state index contributed by atoms with van der Waals surface area (Å²) in [5, 5.41) is 0.634. The van der Waals surface area contributed by atoms with Crippen molar-refractivity contribution < 1.29 is 9.21 Å². The lowest BCUT2D eigenvalue weighted by atomic mass is 10.1. The van der Waals surface area contributed by atoms with Crippen LogP contribution < -0.4 is 0 Å². The van der Waals surface area contributed by atoms with Gasteiger partial charge < -0.3 is 9.32 Å². The lowest BCUT2D eigenvalue weighted by Crippen LogP contribution is -2.34. The van der Waals surface area contributed by atoms with Crippen LogP contribution in [0.25, 0.3) is 11.3 Å². The molecule has 1 heterocycles. The predicted octanol–water partition coefficient (Wildman–Crippen LogP) is 4.96. The number of halogens is 1. The average Bonchev–Trinajstić information content (AvgIpc) is 3.31. The number of carbonyl (C=O) groups is 1. The van der Waals surface area contributed by atoms with Gasteiger partial charge in [0.05, 0.1) is 11.2 Å². The molecule has 1 aliphatic carbocycles. The van der Waals surface area contributed by atoms with Gasteiger partial charge in [0.15, 0.2) is 11.7 Å². The molecular weight excluding hydrogens is 336 g/mol. The molecule has 0 N–H and O–H groups in total. The van der Waals surface area contributed by atoms with Gasteiger partial charge in [-0.05, 0) is 37.3 Å². The van der Waals surface area contributed by atoms with Gasteiger partial charge in [-0.1, -0.05) is 37.6 Å². The summed E-state index contributed by atoms with van der Waals surface area (Å²) in [5.41, 5.74) is 0.825. The van der Waals surface area contributed by atoms with Crippen LogP contribution in [-0.4, -0.2) is 28.4 Å². The van der Waals surface area contributed by atoms with Crippen molar-refractivity contribution in [1.29, 1.82) is 0 Å². The van der Waals surface area contributed by atoms with Crippen molar-refractivity contribution in [2.75, 3.05) is 6.54 Å². The largest absolute Gasteiger partial charge is 0.441 e. The molecule has 1 amide bonds. The van der Waals surface area contributed by atoms with Gasteiger partial charge in [-0.15, -0.1) is 0 Å². The zero-order valence-electron chi connectivity index (χ0n) is 14.9. The summed E-state index contributed by atoms with van der Waals surface area (Å²) in [6, 6.07) is 7.97.